The predicted molar refractivity (Wildman–Crippen MR) is 55.1 cm³/mol. The van der Waals surface area contributed by atoms with Gasteiger partial charge in [0.25, 0.3) is 0 Å². The average Bonchev–Trinajstić information content (AvgIpc) is 2.17. The van der Waals surface area contributed by atoms with Crippen LogP contribution in [0, 0.1) is 0 Å². The number of carboxylic acids is 1. The Balaban J connectivity index is 2.79. The lowest BCUT2D eigenvalue weighted by atomic mass is 10.2. The molecule has 80 valence electrons. The fourth-order valence-corrected chi connectivity index (χ4v) is 1.10. The third-order valence-electron chi connectivity index (χ3n) is 1.92. The highest BCUT2D eigenvalue weighted by molar-refractivity contribution is 5.93. The summed E-state index contributed by atoms with van der Waals surface area (Å²) < 4.78 is 0. The Morgan fingerprint density at radius 3 is 2.53 bits per heavy atom. The molecule has 5 nitrogen and oxygen atoms in total. The summed E-state index contributed by atoms with van der Waals surface area (Å²) >= 11 is 0. The second-order valence-corrected chi connectivity index (χ2v) is 3.21. The van der Waals surface area contributed by atoms with E-state index in [0.717, 1.165) is 0 Å². The molecular formula is C10H12N2O3. The Morgan fingerprint density at radius 2 is 2.13 bits per heavy atom. The SMILES string of the molecule is CC(=O)c1ccc(N(C)CC(=O)O)nc1. The standard InChI is InChI=1S/C10H12N2O3/c1-7(13)8-3-4-9(11-5-8)12(2)6-10(14)15/h3-5H,6H2,1-2H3,(H,14,15). The van der Waals surface area contributed by atoms with E-state index in [-0.39, 0.29) is 12.3 Å². The van der Waals surface area contributed by atoms with Crippen LogP contribution in [0.15, 0.2) is 18.3 Å². The van der Waals surface area contributed by atoms with Gasteiger partial charge in [0.15, 0.2) is 5.78 Å². The van der Waals surface area contributed by atoms with Gasteiger partial charge in [0.2, 0.25) is 0 Å². The lowest BCUT2D eigenvalue weighted by Crippen LogP contribution is -2.25. The van der Waals surface area contributed by atoms with E-state index in [4.69, 9.17) is 5.11 Å². The van der Waals surface area contributed by atoms with Crippen molar-refractivity contribution in [2.45, 2.75) is 6.92 Å². The summed E-state index contributed by atoms with van der Waals surface area (Å²) in [6.07, 6.45) is 1.44. The molecule has 5 heteroatoms. The number of anilines is 1. The summed E-state index contributed by atoms with van der Waals surface area (Å²) in [5.74, 6) is -0.452. The number of ketones is 1. The van der Waals surface area contributed by atoms with Crippen LogP contribution < -0.4 is 4.90 Å². The van der Waals surface area contributed by atoms with Crippen LogP contribution >= 0.6 is 0 Å². The summed E-state index contributed by atoms with van der Waals surface area (Å²) in [4.78, 5) is 26.9. The van der Waals surface area contributed by atoms with Crippen molar-refractivity contribution in [1.29, 1.82) is 0 Å². The maximum absolute atomic E-state index is 11.0. The molecule has 0 fully saturated rings. The van der Waals surface area contributed by atoms with Gasteiger partial charge in [-0.1, -0.05) is 0 Å². The molecule has 1 N–H and O–H groups in total. The monoisotopic (exact) mass is 208 g/mol. The fourth-order valence-electron chi connectivity index (χ4n) is 1.10. The summed E-state index contributed by atoms with van der Waals surface area (Å²) in [5.41, 5.74) is 0.516. The van der Waals surface area contributed by atoms with E-state index in [0.29, 0.717) is 11.4 Å². The lowest BCUT2D eigenvalue weighted by molar-refractivity contribution is -0.135. The van der Waals surface area contributed by atoms with Gasteiger partial charge in [-0.15, -0.1) is 0 Å². The van der Waals surface area contributed by atoms with Crippen LogP contribution in [0.4, 0.5) is 5.82 Å². The Bertz CT molecular complexity index is 373. The number of nitrogens with zero attached hydrogens (tertiary/aromatic N) is 2. The minimum Gasteiger partial charge on any atom is -0.480 e. The maximum atomic E-state index is 11.0. The zero-order valence-electron chi connectivity index (χ0n) is 8.60. The number of carbonyl (C=O) groups excluding carboxylic acids is 1. The third-order valence-corrected chi connectivity index (χ3v) is 1.92. The highest BCUT2D eigenvalue weighted by Gasteiger charge is 2.07. The molecule has 0 saturated carbocycles. The molecule has 0 aromatic carbocycles. The number of Topliss-reactive ketones (excluding diaryl/α,β-unsaturated/α-hetero) is 1. The van der Waals surface area contributed by atoms with Crippen LogP contribution in [-0.2, 0) is 4.79 Å². The van der Waals surface area contributed by atoms with Crippen molar-refractivity contribution >= 4 is 17.6 Å². The quantitative estimate of drug-likeness (QED) is 0.741. The summed E-state index contributed by atoms with van der Waals surface area (Å²) in [5, 5.41) is 8.56. The number of carbonyl (C=O) groups is 2. The zero-order valence-corrected chi connectivity index (χ0v) is 8.60. The van der Waals surface area contributed by atoms with Crippen molar-refractivity contribution in [2.75, 3.05) is 18.5 Å². The molecule has 0 atom stereocenters. The Kier molecular flexibility index (Phi) is 3.38. The summed E-state index contributed by atoms with van der Waals surface area (Å²) in [6.45, 7) is 1.34. The van der Waals surface area contributed by atoms with E-state index in [9.17, 15) is 9.59 Å². The Hall–Kier alpha value is -1.91. The van der Waals surface area contributed by atoms with Crippen LogP contribution in [-0.4, -0.2) is 35.4 Å². The van der Waals surface area contributed by atoms with E-state index in [1.54, 1.807) is 19.2 Å². The van der Waals surface area contributed by atoms with Gasteiger partial charge >= 0.3 is 5.97 Å². The molecule has 0 spiro atoms. The van der Waals surface area contributed by atoms with E-state index in [2.05, 4.69) is 4.98 Å². The normalized spacial score (nSPS) is 9.73. The minimum absolute atomic E-state index is 0.0602. The number of hydrogen-bond acceptors (Lipinski definition) is 4. The highest BCUT2D eigenvalue weighted by Crippen LogP contribution is 2.09. The molecule has 0 radical (unpaired) electrons. The average molecular weight is 208 g/mol. The molecule has 0 aliphatic rings. The van der Waals surface area contributed by atoms with Crippen molar-refractivity contribution in [1.82, 2.24) is 4.98 Å². The smallest absolute Gasteiger partial charge is 0.323 e. The number of likely N-dealkylation sites (N-methyl/N-ethyl adjacent to an activating group) is 1. The molecule has 0 aliphatic heterocycles. The van der Waals surface area contributed by atoms with Gasteiger partial charge in [-0.25, -0.2) is 4.98 Å². The van der Waals surface area contributed by atoms with Crippen LogP contribution in [0.2, 0.25) is 0 Å². The molecule has 0 saturated heterocycles. The number of pyridine rings is 1. The van der Waals surface area contributed by atoms with Crippen LogP contribution in [0.3, 0.4) is 0 Å². The van der Waals surface area contributed by atoms with Gasteiger partial charge < -0.3 is 10.0 Å². The third kappa shape index (κ3) is 3.05. The number of carboxylic acid groups (broad SMARTS) is 1. The first kappa shape index (κ1) is 11.2. The molecule has 0 aliphatic carbocycles. The second kappa shape index (κ2) is 4.54. The summed E-state index contributed by atoms with van der Waals surface area (Å²) in [7, 11) is 1.63. The molecule has 15 heavy (non-hydrogen) atoms. The van der Waals surface area contributed by atoms with E-state index in [1.807, 2.05) is 0 Å². The summed E-state index contributed by atoms with van der Waals surface area (Å²) in [6, 6.07) is 3.25. The maximum Gasteiger partial charge on any atom is 0.323 e. The van der Waals surface area contributed by atoms with Crippen molar-refractivity contribution in [3.05, 3.63) is 23.9 Å². The molecule has 0 unspecified atom stereocenters. The van der Waals surface area contributed by atoms with Gasteiger partial charge in [-0.2, -0.15) is 0 Å². The zero-order chi connectivity index (χ0) is 11.4. The Labute approximate surface area is 87.4 Å². The number of aromatic nitrogens is 1. The molecule has 0 amide bonds. The molecule has 1 aromatic heterocycles. The largest absolute Gasteiger partial charge is 0.480 e. The lowest BCUT2D eigenvalue weighted by Gasteiger charge is -2.15. The minimum atomic E-state index is -0.921. The number of aliphatic carboxylic acids is 1. The van der Waals surface area contributed by atoms with Crippen LogP contribution in [0.5, 0.6) is 0 Å². The molecule has 0 bridgehead atoms. The van der Waals surface area contributed by atoms with Crippen molar-refractivity contribution in [3.63, 3.8) is 0 Å². The van der Waals surface area contributed by atoms with Crippen molar-refractivity contribution in [2.24, 2.45) is 0 Å². The molecular weight excluding hydrogens is 196 g/mol. The Morgan fingerprint density at radius 1 is 1.47 bits per heavy atom. The predicted octanol–water partition coefficient (Wildman–Crippen LogP) is 0.805. The first-order valence-electron chi connectivity index (χ1n) is 4.40. The molecule has 1 aromatic rings. The fraction of sp³-hybridized carbons (Fsp3) is 0.300. The van der Waals surface area contributed by atoms with E-state index >= 15 is 0 Å². The molecule has 1 heterocycles. The van der Waals surface area contributed by atoms with Gasteiger partial charge in [0.05, 0.1) is 0 Å². The first-order chi connectivity index (χ1) is 7.00. The van der Waals surface area contributed by atoms with Crippen molar-refractivity contribution in [3.8, 4) is 0 Å². The highest BCUT2D eigenvalue weighted by atomic mass is 16.4. The first-order valence-corrected chi connectivity index (χ1v) is 4.40. The van der Waals surface area contributed by atoms with Gasteiger partial charge in [-0.05, 0) is 19.1 Å². The van der Waals surface area contributed by atoms with Crippen LogP contribution in [0.25, 0.3) is 0 Å². The number of hydrogen-bond donors (Lipinski definition) is 1. The second-order valence-electron chi connectivity index (χ2n) is 3.21. The van der Waals surface area contributed by atoms with Gasteiger partial charge in [-0.3, -0.25) is 9.59 Å². The topological polar surface area (TPSA) is 70.5 Å². The van der Waals surface area contributed by atoms with E-state index in [1.165, 1.54) is 18.0 Å². The van der Waals surface area contributed by atoms with Crippen molar-refractivity contribution < 1.29 is 14.7 Å². The van der Waals surface area contributed by atoms with Gasteiger partial charge in [0.1, 0.15) is 12.4 Å². The van der Waals surface area contributed by atoms with E-state index < -0.39 is 5.97 Å². The van der Waals surface area contributed by atoms with Gasteiger partial charge in [0, 0.05) is 18.8 Å². The molecule has 1 rings (SSSR count). The number of rotatable bonds is 4. The van der Waals surface area contributed by atoms with Crippen LogP contribution in [0.1, 0.15) is 17.3 Å².